The van der Waals surface area contributed by atoms with Crippen molar-refractivity contribution < 1.29 is 27.4 Å². The Hall–Kier alpha value is -2.74. The number of carbonyl (C=O) groups is 1. The van der Waals surface area contributed by atoms with Crippen LogP contribution in [0.3, 0.4) is 0 Å². The van der Waals surface area contributed by atoms with Gasteiger partial charge in [-0.1, -0.05) is 43.3 Å². The average molecular weight is 396 g/mol. The molecule has 2 aromatic rings. The van der Waals surface area contributed by atoms with E-state index in [1.807, 2.05) is 30.3 Å². The van der Waals surface area contributed by atoms with Crippen LogP contribution in [0, 0.1) is 5.92 Å². The lowest BCUT2D eigenvalue weighted by molar-refractivity contribution is -0.153. The van der Waals surface area contributed by atoms with Crippen molar-refractivity contribution in [3.63, 3.8) is 0 Å². The van der Waals surface area contributed by atoms with Crippen LogP contribution >= 0.6 is 0 Å². The normalized spacial score (nSPS) is 13.5. The first-order valence-corrected chi connectivity index (χ1v) is 8.66. The van der Waals surface area contributed by atoms with Crippen molar-refractivity contribution in [1.29, 1.82) is 0 Å². The van der Waals surface area contributed by atoms with Crippen molar-refractivity contribution in [2.75, 3.05) is 13.7 Å². The van der Waals surface area contributed by atoms with Crippen LogP contribution in [0.5, 0.6) is 11.5 Å². The highest BCUT2D eigenvalue weighted by atomic mass is 19.4. The van der Waals surface area contributed by atoms with Crippen molar-refractivity contribution in [2.24, 2.45) is 11.7 Å². The van der Waals surface area contributed by atoms with Crippen LogP contribution in [-0.2, 0) is 11.3 Å². The number of ether oxygens (including phenoxy) is 2. The zero-order valence-electron chi connectivity index (χ0n) is 15.6. The highest BCUT2D eigenvalue weighted by Crippen LogP contribution is 2.30. The largest absolute Gasteiger partial charge is 0.493 e. The summed E-state index contributed by atoms with van der Waals surface area (Å²) in [4.78, 5) is 12.4. The average Bonchev–Trinajstić information content (AvgIpc) is 2.69. The summed E-state index contributed by atoms with van der Waals surface area (Å²) >= 11 is 0. The van der Waals surface area contributed by atoms with Crippen LogP contribution in [0.25, 0.3) is 0 Å². The van der Waals surface area contributed by atoms with E-state index >= 15 is 0 Å². The van der Waals surface area contributed by atoms with Gasteiger partial charge in [0.2, 0.25) is 5.91 Å². The third-order valence-corrected chi connectivity index (χ3v) is 4.22. The van der Waals surface area contributed by atoms with E-state index in [9.17, 15) is 18.0 Å². The fraction of sp³-hybridized carbons (Fsp3) is 0.350. The molecule has 0 radical (unpaired) electrons. The Bertz CT molecular complexity index is 782. The van der Waals surface area contributed by atoms with Gasteiger partial charge in [-0.05, 0) is 23.3 Å². The number of rotatable bonds is 8. The predicted octanol–water partition coefficient (Wildman–Crippen LogP) is 3.59. The minimum absolute atomic E-state index is 0.0191. The van der Waals surface area contributed by atoms with Gasteiger partial charge in [-0.2, -0.15) is 13.2 Å². The van der Waals surface area contributed by atoms with Crippen LogP contribution in [0.15, 0.2) is 48.5 Å². The van der Waals surface area contributed by atoms with Crippen LogP contribution in [-0.4, -0.2) is 25.8 Å². The molecule has 3 N–H and O–H groups in total. The Labute approximate surface area is 161 Å². The fourth-order valence-electron chi connectivity index (χ4n) is 2.58. The summed E-state index contributed by atoms with van der Waals surface area (Å²) in [7, 11) is 1.33. The molecule has 8 heteroatoms. The van der Waals surface area contributed by atoms with Crippen molar-refractivity contribution in [3.05, 3.63) is 59.7 Å². The Morgan fingerprint density at radius 2 is 1.82 bits per heavy atom. The van der Waals surface area contributed by atoms with Gasteiger partial charge in [0, 0.05) is 12.6 Å². The number of amides is 1. The Morgan fingerprint density at radius 3 is 2.43 bits per heavy atom. The number of nitrogens with two attached hydrogens (primary N) is 1. The molecule has 28 heavy (non-hydrogen) atoms. The lowest BCUT2D eigenvalue weighted by Gasteiger charge is -2.20. The summed E-state index contributed by atoms with van der Waals surface area (Å²) in [6.45, 7) is 0.511. The molecule has 0 aliphatic heterocycles. The van der Waals surface area contributed by atoms with E-state index in [0.29, 0.717) is 5.56 Å². The molecule has 0 saturated heterocycles. The molecule has 0 aliphatic rings. The maximum absolute atomic E-state index is 12.4. The standard InChI is InChI=1S/C20H23F3N2O3/c1-13(18(24)15-6-4-3-5-7-15)19(26)25-11-14-8-9-16(17(10-14)27-2)28-12-20(21,22)23/h3-10,13,18H,11-12,24H2,1-2H3,(H,25,26). The highest BCUT2D eigenvalue weighted by molar-refractivity contribution is 5.79. The van der Waals surface area contributed by atoms with Gasteiger partial charge in [0.05, 0.1) is 13.0 Å². The number of methoxy groups -OCH3 is 1. The van der Waals surface area contributed by atoms with Gasteiger partial charge in [-0.25, -0.2) is 0 Å². The molecule has 152 valence electrons. The first-order valence-electron chi connectivity index (χ1n) is 8.66. The highest BCUT2D eigenvalue weighted by Gasteiger charge is 2.29. The summed E-state index contributed by atoms with van der Waals surface area (Å²) in [6.07, 6.45) is -4.44. The monoisotopic (exact) mass is 396 g/mol. The quantitative estimate of drug-likeness (QED) is 0.715. The van der Waals surface area contributed by atoms with Crippen LogP contribution in [0.1, 0.15) is 24.1 Å². The van der Waals surface area contributed by atoms with Crippen molar-refractivity contribution >= 4 is 5.91 Å². The molecule has 0 saturated carbocycles. The summed E-state index contributed by atoms with van der Waals surface area (Å²) in [5.41, 5.74) is 7.67. The first-order chi connectivity index (χ1) is 13.2. The zero-order valence-corrected chi connectivity index (χ0v) is 15.6. The summed E-state index contributed by atoms with van der Waals surface area (Å²) < 4.78 is 46.7. The second-order valence-electron chi connectivity index (χ2n) is 6.33. The number of alkyl halides is 3. The number of carbonyl (C=O) groups excluding carboxylic acids is 1. The molecule has 0 bridgehead atoms. The number of hydrogen-bond acceptors (Lipinski definition) is 4. The molecule has 2 rings (SSSR count). The van der Waals surface area contributed by atoms with Crippen LogP contribution < -0.4 is 20.5 Å². The van der Waals surface area contributed by atoms with E-state index in [1.165, 1.54) is 19.2 Å². The number of hydrogen-bond donors (Lipinski definition) is 2. The van der Waals surface area contributed by atoms with E-state index in [4.69, 9.17) is 15.2 Å². The minimum Gasteiger partial charge on any atom is -0.493 e. The van der Waals surface area contributed by atoms with E-state index < -0.39 is 24.7 Å². The smallest absolute Gasteiger partial charge is 0.422 e. The second-order valence-corrected chi connectivity index (χ2v) is 6.33. The summed E-state index contributed by atoms with van der Waals surface area (Å²) in [6, 6.07) is 13.3. The van der Waals surface area contributed by atoms with Gasteiger partial charge in [0.25, 0.3) is 0 Å². The number of benzene rings is 2. The van der Waals surface area contributed by atoms with Gasteiger partial charge in [0.1, 0.15) is 0 Å². The minimum atomic E-state index is -4.44. The number of halogens is 3. The Balaban J connectivity index is 1.97. The van der Waals surface area contributed by atoms with Gasteiger partial charge in [-0.15, -0.1) is 0 Å². The molecule has 2 atom stereocenters. The third-order valence-electron chi connectivity index (χ3n) is 4.22. The summed E-state index contributed by atoms with van der Waals surface area (Å²) in [5.74, 6) is -0.550. The van der Waals surface area contributed by atoms with E-state index in [1.54, 1.807) is 13.0 Å². The zero-order chi connectivity index (χ0) is 20.7. The SMILES string of the molecule is COc1cc(CNC(=O)C(C)C(N)c2ccccc2)ccc1OCC(F)(F)F. The van der Waals surface area contributed by atoms with Crippen molar-refractivity contribution in [1.82, 2.24) is 5.32 Å². The molecule has 5 nitrogen and oxygen atoms in total. The molecule has 1 amide bonds. The molecular formula is C20H23F3N2O3. The topological polar surface area (TPSA) is 73.6 Å². The molecule has 0 aromatic heterocycles. The molecule has 2 unspecified atom stereocenters. The second kappa shape index (κ2) is 9.45. The predicted molar refractivity (Wildman–Crippen MR) is 98.9 cm³/mol. The Morgan fingerprint density at radius 1 is 1.14 bits per heavy atom. The maximum Gasteiger partial charge on any atom is 0.422 e. The van der Waals surface area contributed by atoms with Gasteiger partial charge in [-0.3, -0.25) is 4.79 Å². The lowest BCUT2D eigenvalue weighted by atomic mass is 9.94. The molecule has 0 aliphatic carbocycles. The first kappa shape index (κ1) is 21.6. The van der Waals surface area contributed by atoms with E-state index in [-0.39, 0.29) is 24.0 Å². The number of nitrogens with one attached hydrogen (secondary N) is 1. The molecule has 0 spiro atoms. The van der Waals surface area contributed by atoms with Gasteiger partial charge >= 0.3 is 6.18 Å². The Kier molecular flexibility index (Phi) is 7.28. The lowest BCUT2D eigenvalue weighted by Crippen LogP contribution is -2.35. The van der Waals surface area contributed by atoms with Gasteiger partial charge < -0.3 is 20.5 Å². The molecular weight excluding hydrogens is 373 g/mol. The van der Waals surface area contributed by atoms with E-state index in [0.717, 1.165) is 5.56 Å². The maximum atomic E-state index is 12.4. The van der Waals surface area contributed by atoms with Crippen LogP contribution in [0.4, 0.5) is 13.2 Å². The van der Waals surface area contributed by atoms with Crippen molar-refractivity contribution in [2.45, 2.75) is 25.7 Å². The summed E-state index contributed by atoms with van der Waals surface area (Å²) in [5, 5.41) is 2.78. The molecule has 0 heterocycles. The fourth-order valence-corrected chi connectivity index (χ4v) is 2.58. The van der Waals surface area contributed by atoms with Gasteiger partial charge in [0.15, 0.2) is 18.1 Å². The molecule has 2 aromatic carbocycles. The third kappa shape index (κ3) is 6.16. The van der Waals surface area contributed by atoms with Crippen molar-refractivity contribution in [3.8, 4) is 11.5 Å². The van der Waals surface area contributed by atoms with Crippen LogP contribution in [0.2, 0.25) is 0 Å². The van der Waals surface area contributed by atoms with E-state index in [2.05, 4.69) is 5.32 Å². The molecule has 0 fully saturated rings.